The van der Waals surface area contributed by atoms with Crippen LogP contribution in [0.2, 0.25) is 0 Å². The van der Waals surface area contributed by atoms with Crippen molar-refractivity contribution in [3.05, 3.63) is 71.5 Å². The molecule has 0 radical (unpaired) electrons. The fraction of sp³-hybridized carbons (Fsp3) is 0.105. The first-order valence-electron chi connectivity index (χ1n) is 8.00. The fourth-order valence-electron chi connectivity index (χ4n) is 2.70. The summed E-state index contributed by atoms with van der Waals surface area (Å²) in [6.07, 6.45) is 1.57. The van der Waals surface area contributed by atoms with Gasteiger partial charge in [0.2, 0.25) is 0 Å². The number of halogens is 1. The van der Waals surface area contributed by atoms with Gasteiger partial charge in [0.15, 0.2) is 11.4 Å². The van der Waals surface area contributed by atoms with Crippen molar-refractivity contribution in [1.29, 1.82) is 0 Å². The van der Waals surface area contributed by atoms with Crippen LogP contribution in [0.15, 0.2) is 53.1 Å². The van der Waals surface area contributed by atoms with Gasteiger partial charge in [0, 0.05) is 17.4 Å². The molecule has 1 N–H and O–H groups in total. The summed E-state index contributed by atoms with van der Waals surface area (Å²) in [5.41, 5.74) is 3.31. The third-order valence-electron chi connectivity index (χ3n) is 4.06. The lowest BCUT2D eigenvalue weighted by atomic mass is 10.2. The minimum Gasteiger partial charge on any atom is -0.463 e. The molecule has 0 atom stereocenters. The van der Waals surface area contributed by atoms with Gasteiger partial charge in [-0.1, -0.05) is 6.07 Å². The number of hydrogen-bond acceptors (Lipinski definition) is 4. The first-order valence-corrected chi connectivity index (χ1v) is 8.00. The molecule has 0 bridgehead atoms. The predicted molar refractivity (Wildman–Crippen MR) is 94.5 cm³/mol. The molecule has 0 aliphatic rings. The van der Waals surface area contributed by atoms with E-state index in [2.05, 4.69) is 15.4 Å². The number of nitrogens with zero attached hydrogens (tertiary/aromatic N) is 3. The summed E-state index contributed by atoms with van der Waals surface area (Å²) in [5, 5.41) is 7.15. The van der Waals surface area contributed by atoms with Crippen LogP contribution in [0.4, 0.5) is 10.1 Å². The number of carbonyl (C=O) groups is 1. The topological polar surface area (TPSA) is 72.4 Å². The van der Waals surface area contributed by atoms with Crippen LogP contribution in [0.5, 0.6) is 0 Å². The second kappa shape index (κ2) is 6.11. The molecular weight excluding hydrogens is 335 g/mol. The number of carbonyl (C=O) groups excluding carboxylic acids is 1. The van der Waals surface area contributed by atoms with Gasteiger partial charge < -0.3 is 9.73 Å². The largest absolute Gasteiger partial charge is 0.463 e. The first-order chi connectivity index (χ1) is 12.5. The third kappa shape index (κ3) is 2.83. The summed E-state index contributed by atoms with van der Waals surface area (Å²) >= 11 is 0. The molecule has 7 heteroatoms. The molecule has 3 heterocycles. The maximum atomic E-state index is 13.4. The van der Waals surface area contributed by atoms with Gasteiger partial charge in [-0.2, -0.15) is 5.10 Å². The Bertz CT molecular complexity index is 1120. The summed E-state index contributed by atoms with van der Waals surface area (Å²) in [4.78, 5) is 16.9. The number of furan rings is 1. The van der Waals surface area contributed by atoms with Gasteiger partial charge in [-0.05, 0) is 49.7 Å². The number of nitrogens with one attached hydrogen (secondary N) is 1. The Morgan fingerprint density at radius 2 is 2.04 bits per heavy atom. The Kier molecular flexibility index (Phi) is 3.76. The number of benzene rings is 1. The van der Waals surface area contributed by atoms with E-state index in [4.69, 9.17) is 4.42 Å². The van der Waals surface area contributed by atoms with E-state index >= 15 is 0 Å². The van der Waals surface area contributed by atoms with Crippen molar-refractivity contribution < 1.29 is 13.6 Å². The third-order valence-corrected chi connectivity index (χ3v) is 4.06. The lowest BCUT2D eigenvalue weighted by Gasteiger charge is -2.09. The van der Waals surface area contributed by atoms with E-state index in [-0.39, 0.29) is 5.69 Å². The fourth-order valence-corrected chi connectivity index (χ4v) is 2.70. The maximum Gasteiger partial charge on any atom is 0.274 e. The SMILES string of the molecule is Cc1ccc(F)cc1NC(=O)c1cc(C)n2nc(-c3ccco3)cc2n1. The zero-order valence-electron chi connectivity index (χ0n) is 14.2. The molecule has 6 nitrogen and oxygen atoms in total. The second-order valence-corrected chi connectivity index (χ2v) is 5.97. The van der Waals surface area contributed by atoms with Gasteiger partial charge in [0.05, 0.1) is 6.26 Å². The predicted octanol–water partition coefficient (Wildman–Crippen LogP) is 4.00. The summed E-state index contributed by atoms with van der Waals surface area (Å²) in [7, 11) is 0. The molecule has 0 saturated carbocycles. The molecular formula is C19H15FN4O2. The van der Waals surface area contributed by atoms with Crippen molar-refractivity contribution in [2.24, 2.45) is 0 Å². The Balaban J connectivity index is 1.70. The van der Waals surface area contributed by atoms with E-state index in [0.717, 1.165) is 11.3 Å². The molecule has 1 aromatic carbocycles. The number of aryl methyl sites for hydroxylation is 2. The van der Waals surface area contributed by atoms with Crippen LogP contribution in [-0.4, -0.2) is 20.5 Å². The van der Waals surface area contributed by atoms with Crippen LogP contribution in [0.1, 0.15) is 21.7 Å². The normalized spacial score (nSPS) is 11.0. The van der Waals surface area contributed by atoms with Crippen molar-refractivity contribution in [1.82, 2.24) is 14.6 Å². The highest BCUT2D eigenvalue weighted by Gasteiger charge is 2.15. The molecule has 0 fully saturated rings. The van der Waals surface area contributed by atoms with Crippen molar-refractivity contribution in [3.63, 3.8) is 0 Å². The summed E-state index contributed by atoms with van der Waals surface area (Å²) in [6, 6.07) is 11.2. The van der Waals surface area contributed by atoms with Crippen LogP contribution in [-0.2, 0) is 0 Å². The van der Waals surface area contributed by atoms with Crippen molar-refractivity contribution >= 4 is 17.2 Å². The van der Waals surface area contributed by atoms with Crippen LogP contribution < -0.4 is 5.32 Å². The monoisotopic (exact) mass is 350 g/mol. The van der Waals surface area contributed by atoms with Gasteiger partial charge in [0.25, 0.3) is 5.91 Å². The molecule has 0 spiro atoms. The molecule has 4 aromatic rings. The van der Waals surface area contributed by atoms with E-state index < -0.39 is 11.7 Å². The van der Waals surface area contributed by atoms with Crippen molar-refractivity contribution in [2.75, 3.05) is 5.32 Å². The molecule has 0 unspecified atom stereocenters. The van der Waals surface area contributed by atoms with Crippen LogP contribution in [0, 0.1) is 19.7 Å². The first kappa shape index (κ1) is 16.0. The summed E-state index contributed by atoms with van der Waals surface area (Å²) in [6.45, 7) is 3.63. The molecule has 1 amide bonds. The van der Waals surface area contributed by atoms with Gasteiger partial charge in [0.1, 0.15) is 17.2 Å². The van der Waals surface area contributed by atoms with E-state index in [1.165, 1.54) is 12.1 Å². The Morgan fingerprint density at radius 1 is 1.19 bits per heavy atom. The molecule has 130 valence electrons. The average molecular weight is 350 g/mol. The van der Waals surface area contributed by atoms with Gasteiger partial charge in [-0.15, -0.1) is 0 Å². The van der Waals surface area contributed by atoms with Crippen LogP contribution in [0.25, 0.3) is 17.1 Å². The molecule has 0 aliphatic carbocycles. The Hall–Kier alpha value is -3.48. The minimum atomic E-state index is -0.413. The zero-order chi connectivity index (χ0) is 18.3. The number of aromatic nitrogens is 3. The molecule has 0 aliphatic heterocycles. The standard InChI is InChI=1S/C19H15FN4O2/c1-11-5-6-13(20)9-14(11)22-19(25)16-8-12(2)24-18(21-16)10-15(23-24)17-4-3-7-26-17/h3-10H,1-2H3,(H,22,25). The van der Waals surface area contributed by atoms with E-state index in [1.54, 1.807) is 48.0 Å². The lowest BCUT2D eigenvalue weighted by Crippen LogP contribution is -2.16. The number of hydrogen-bond donors (Lipinski definition) is 1. The quantitative estimate of drug-likeness (QED) is 0.606. The van der Waals surface area contributed by atoms with E-state index in [9.17, 15) is 9.18 Å². The van der Waals surface area contributed by atoms with E-state index in [1.807, 2.05) is 6.92 Å². The number of fused-ring (bicyclic) bond motifs is 1. The van der Waals surface area contributed by atoms with Crippen molar-refractivity contribution in [3.8, 4) is 11.5 Å². The number of amides is 1. The highest BCUT2D eigenvalue weighted by Crippen LogP contribution is 2.21. The van der Waals surface area contributed by atoms with Gasteiger partial charge >= 0.3 is 0 Å². The van der Waals surface area contributed by atoms with Gasteiger partial charge in [-0.3, -0.25) is 4.79 Å². The van der Waals surface area contributed by atoms with Crippen LogP contribution >= 0.6 is 0 Å². The van der Waals surface area contributed by atoms with Gasteiger partial charge in [-0.25, -0.2) is 13.9 Å². The summed E-state index contributed by atoms with van der Waals surface area (Å²) < 4.78 is 20.4. The molecule has 0 saturated heterocycles. The molecule has 3 aromatic heterocycles. The zero-order valence-corrected chi connectivity index (χ0v) is 14.2. The lowest BCUT2D eigenvalue weighted by molar-refractivity contribution is 0.102. The summed E-state index contributed by atoms with van der Waals surface area (Å²) in [5.74, 6) is -0.203. The Labute approximate surface area is 148 Å². The minimum absolute atomic E-state index is 0.226. The van der Waals surface area contributed by atoms with E-state index in [0.29, 0.717) is 22.8 Å². The molecule has 26 heavy (non-hydrogen) atoms. The molecule has 4 rings (SSSR count). The number of anilines is 1. The Morgan fingerprint density at radius 3 is 2.81 bits per heavy atom. The highest BCUT2D eigenvalue weighted by molar-refractivity contribution is 6.03. The second-order valence-electron chi connectivity index (χ2n) is 5.97. The average Bonchev–Trinajstić information content (AvgIpc) is 3.27. The highest BCUT2D eigenvalue weighted by atomic mass is 19.1. The maximum absolute atomic E-state index is 13.4. The van der Waals surface area contributed by atoms with Crippen molar-refractivity contribution in [2.45, 2.75) is 13.8 Å². The number of rotatable bonds is 3. The van der Waals surface area contributed by atoms with Crippen LogP contribution in [0.3, 0.4) is 0 Å². The smallest absolute Gasteiger partial charge is 0.274 e.